The van der Waals surface area contributed by atoms with Gasteiger partial charge < -0.3 is 15.4 Å². The van der Waals surface area contributed by atoms with Gasteiger partial charge in [-0.1, -0.05) is 17.8 Å². The van der Waals surface area contributed by atoms with Crippen LogP contribution in [0.15, 0.2) is 36.2 Å². The van der Waals surface area contributed by atoms with Crippen LogP contribution in [0.5, 0.6) is 0 Å². The number of aromatic nitrogens is 2. The first-order chi connectivity index (χ1) is 12.0. The van der Waals surface area contributed by atoms with Gasteiger partial charge >= 0.3 is 0 Å². The summed E-state index contributed by atoms with van der Waals surface area (Å²) in [5.41, 5.74) is 2.70. The molecule has 0 saturated carbocycles. The second kappa shape index (κ2) is 6.89. The van der Waals surface area contributed by atoms with E-state index < -0.39 is 4.92 Å². The number of hydrogen-bond acceptors (Lipinski definition) is 8. The second-order valence-electron chi connectivity index (χ2n) is 5.42. The average Bonchev–Trinajstić information content (AvgIpc) is 2.97. The smallest absolute Gasteiger partial charge is 0.274 e. The fourth-order valence-electron chi connectivity index (χ4n) is 2.40. The zero-order valence-corrected chi connectivity index (χ0v) is 14.3. The van der Waals surface area contributed by atoms with Crippen LogP contribution in [0.2, 0.25) is 0 Å². The lowest BCUT2D eigenvalue weighted by atomic mass is 10.2. The molecule has 128 valence electrons. The van der Waals surface area contributed by atoms with Crippen molar-refractivity contribution < 1.29 is 9.72 Å². The highest BCUT2D eigenvalue weighted by molar-refractivity contribution is 8.09. The molecule has 9 heteroatoms. The SMILES string of the molecule is CC1=C(c2ccnc(Nc3ccc(C)c([N+](=O)[O-])c3)n2)SC(C=O)N1. The van der Waals surface area contributed by atoms with Gasteiger partial charge in [-0.15, -0.1) is 0 Å². The van der Waals surface area contributed by atoms with E-state index >= 15 is 0 Å². The summed E-state index contributed by atoms with van der Waals surface area (Å²) in [6, 6.07) is 6.60. The molecule has 1 atom stereocenters. The van der Waals surface area contributed by atoms with E-state index in [9.17, 15) is 14.9 Å². The van der Waals surface area contributed by atoms with Crippen LogP contribution in [0.1, 0.15) is 18.2 Å². The molecule has 2 N–H and O–H groups in total. The van der Waals surface area contributed by atoms with E-state index in [4.69, 9.17) is 0 Å². The van der Waals surface area contributed by atoms with Gasteiger partial charge in [-0.2, -0.15) is 0 Å². The van der Waals surface area contributed by atoms with Gasteiger partial charge in [0, 0.05) is 29.2 Å². The van der Waals surface area contributed by atoms with Gasteiger partial charge in [0.05, 0.1) is 15.5 Å². The minimum atomic E-state index is -0.424. The van der Waals surface area contributed by atoms with Crippen LogP contribution < -0.4 is 10.6 Å². The van der Waals surface area contributed by atoms with Crippen molar-refractivity contribution in [2.24, 2.45) is 0 Å². The standard InChI is InChI=1S/C16H15N5O3S/c1-9-3-4-11(7-13(9)21(23)24)19-16-17-6-5-12(20-16)15-10(2)18-14(8-22)25-15/h3-8,14,18H,1-2H3,(H,17,19,20). The van der Waals surface area contributed by atoms with E-state index in [1.165, 1.54) is 17.8 Å². The van der Waals surface area contributed by atoms with Crippen molar-refractivity contribution in [2.75, 3.05) is 5.32 Å². The van der Waals surface area contributed by atoms with Gasteiger partial charge in [-0.25, -0.2) is 9.97 Å². The van der Waals surface area contributed by atoms with Crippen LogP contribution >= 0.6 is 11.8 Å². The molecule has 0 bridgehead atoms. The number of anilines is 2. The van der Waals surface area contributed by atoms with Crippen LogP contribution in [0.3, 0.4) is 0 Å². The van der Waals surface area contributed by atoms with Gasteiger partial charge in [0.25, 0.3) is 5.69 Å². The maximum atomic E-state index is 11.1. The van der Waals surface area contributed by atoms with Crippen molar-refractivity contribution in [2.45, 2.75) is 19.2 Å². The van der Waals surface area contributed by atoms with Crippen molar-refractivity contribution in [3.63, 3.8) is 0 Å². The Morgan fingerprint density at radius 3 is 2.84 bits per heavy atom. The summed E-state index contributed by atoms with van der Waals surface area (Å²) < 4.78 is 0. The quantitative estimate of drug-likeness (QED) is 0.477. The topological polar surface area (TPSA) is 110 Å². The molecule has 0 amide bonds. The molecule has 1 aromatic heterocycles. The van der Waals surface area contributed by atoms with Gasteiger partial charge in [-0.3, -0.25) is 10.1 Å². The van der Waals surface area contributed by atoms with Gasteiger partial charge in [0.2, 0.25) is 5.95 Å². The Labute approximate surface area is 147 Å². The average molecular weight is 357 g/mol. The second-order valence-corrected chi connectivity index (χ2v) is 6.57. The number of hydrogen-bond donors (Lipinski definition) is 2. The molecule has 1 aliphatic heterocycles. The normalized spacial score (nSPS) is 16.5. The van der Waals surface area contributed by atoms with Crippen molar-refractivity contribution in [1.82, 2.24) is 15.3 Å². The number of nitrogens with zero attached hydrogens (tertiary/aromatic N) is 3. The minimum absolute atomic E-state index is 0.0316. The van der Waals surface area contributed by atoms with E-state index in [-0.39, 0.29) is 11.1 Å². The molecule has 8 nitrogen and oxygen atoms in total. The molecule has 2 aromatic rings. The molecular formula is C16H15N5O3S. The highest BCUT2D eigenvalue weighted by Gasteiger charge is 2.23. The molecule has 0 aliphatic carbocycles. The first-order valence-electron chi connectivity index (χ1n) is 7.43. The van der Waals surface area contributed by atoms with E-state index in [1.54, 1.807) is 31.3 Å². The molecule has 2 heterocycles. The molecule has 0 saturated heterocycles. The van der Waals surface area contributed by atoms with Crippen molar-refractivity contribution in [3.05, 3.63) is 57.5 Å². The summed E-state index contributed by atoms with van der Waals surface area (Å²) in [5.74, 6) is 0.325. The molecule has 3 rings (SSSR count). The van der Waals surface area contributed by atoms with E-state index in [0.717, 1.165) is 16.9 Å². The molecule has 1 aliphatic rings. The van der Waals surface area contributed by atoms with Crippen LogP contribution in [0, 0.1) is 17.0 Å². The Kier molecular flexibility index (Phi) is 4.66. The van der Waals surface area contributed by atoms with Gasteiger partial charge in [-0.05, 0) is 26.0 Å². The summed E-state index contributed by atoms with van der Waals surface area (Å²) in [5, 5.41) is 16.8. The lowest BCUT2D eigenvalue weighted by Gasteiger charge is -2.08. The zero-order valence-electron chi connectivity index (χ0n) is 13.5. The molecular weight excluding hydrogens is 342 g/mol. The zero-order chi connectivity index (χ0) is 18.0. The summed E-state index contributed by atoms with van der Waals surface area (Å²) in [6.07, 6.45) is 2.44. The van der Waals surface area contributed by atoms with Crippen LogP contribution in [0.4, 0.5) is 17.3 Å². The first-order valence-corrected chi connectivity index (χ1v) is 8.31. The van der Waals surface area contributed by atoms with Gasteiger partial charge in [0.15, 0.2) is 6.29 Å². The van der Waals surface area contributed by atoms with Crippen LogP contribution in [-0.2, 0) is 4.79 Å². The van der Waals surface area contributed by atoms with Crippen molar-refractivity contribution in [3.8, 4) is 0 Å². The maximum absolute atomic E-state index is 11.1. The van der Waals surface area contributed by atoms with Crippen LogP contribution in [0.25, 0.3) is 4.91 Å². The number of aryl methyl sites for hydroxylation is 1. The fraction of sp³-hybridized carbons (Fsp3) is 0.188. The van der Waals surface area contributed by atoms with Crippen LogP contribution in [-0.4, -0.2) is 26.6 Å². The number of aldehydes is 1. The molecule has 1 aromatic carbocycles. The Hall–Kier alpha value is -2.94. The highest BCUT2D eigenvalue weighted by atomic mass is 32.2. The van der Waals surface area contributed by atoms with E-state index in [2.05, 4.69) is 20.6 Å². The largest absolute Gasteiger partial charge is 0.370 e. The lowest BCUT2D eigenvalue weighted by Crippen LogP contribution is -2.19. The molecule has 0 fully saturated rings. The van der Waals surface area contributed by atoms with E-state index in [1.807, 2.05) is 6.92 Å². The number of nitrogens with one attached hydrogen (secondary N) is 2. The number of rotatable bonds is 5. The third-order valence-corrected chi connectivity index (χ3v) is 4.85. The monoisotopic (exact) mass is 357 g/mol. The highest BCUT2D eigenvalue weighted by Crippen LogP contribution is 2.36. The number of nitro groups is 1. The van der Waals surface area contributed by atoms with E-state index in [0.29, 0.717) is 22.9 Å². The maximum Gasteiger partial charge on any atom is 0.274 e. The summed E-state index contributed by atoms with van der Waals surface area (Å²) >= 11 is 1.39. The first kappa shape index (κ1) is 16.9. The Balaban J connectivity index is 1.86. The number of carbonyl (C=O) groups excluding carboxylic acids is 1. The van der Waals surface area contributed by atoms with Gasteiger partial charge in [0.1, 0.15) is 5.37 Å². The minimum Gasteiger partial charge on any atom is -0.370 e. The predicted molar refractivity (Wildman–Crippen MR) is 96.3 cm³/mol. The lowest BCUT2D eigenvalue weighted by molar-refractivity contribution is -0.385. The summed E-state index contributed by atoms with van der Waals surface area (Å²) in [4.78, 5) is 31.0. The third kappa shape index (κ3) is 3.61. The Bertz CT molecular complexity index is 884. The molecule has 1 unspecified atom stereocenters. The molecule has 0 radical (unpaired) electrons. The number of allylic oxidation sites excluding steroid dienone is 1. The fourth-order valence-corrected chi connectivity index (χ4v) is 3.41. The Morgan fingerprint density at radius 1 is 1.36 bits per heavy atom. The molecule has 25 heavy (non-hydrogen) atoms. The number of carbonyl (C=O) groups is 1. The number of benzene rings is 1. The Morgan fingerprint density at radius 2 is 2.16 bits per heavy atom. The predicted octanol–water partition coefficient (Wildman–Crippen LogP) is 2.99. The number of nitro benzene ring substituents is 1. The molecule has 0 spiro atoms. The summed E-state index contributed by atoms with van der Waals surface area (Å²) in [7, 11) is 0. The van der Waals surface area contributed by atoms with Crippen molar-refractivity contribution >= 4 is 40.3 Å². The summed E-state index contributed by atoms with van der Waals surface area (Å²) in [6.45, 7) is 3.56. The van der Waals surface area contributed by atoms with Crippen molar-refractivity contribution in [1.29, 1.82) is 0 Å². The third-order valence-electron chi connectivity index (χ3n) is 3.62. The number of thioether (sulfide) groups is 1.